The molecule has 0 radical (unpaired) electrons. The van der Waals surface area contributed by atoms with Gasteiger partial charge in [0, 0.05) is 12.1 Å². The van der Waals surface area contributed by atoms with E-state index in [1.807, 2.05) is 0 Å². The highest BCUT2D eigenvalue weighted by Gasteiger charge is 2.13. The van der Waals surface area contributed by atoms with E-state index in [-0.39, 0.29) is 0 Å². The van der Waals surface area contributed by atoms with Crippen LogP contribution in [0, 0.1) is 13.8 Å². The number of rotatable bonds is 1. The minimum atomic E-state index is 1.06. The lowest BCUT2D eigenvalue weighted by molar-refractivity contribution is 1.22. The average molecular weight is 173 g/mol. The van der Waals surface area contributed by atoms with Crippen LogP contribution in [0.3, 0.4) is 0 Å². The third-order valence-electron chi connectivity index (χ3n) is 2.78. The number of aryl methyl sites for hydroxylation is 2. The first-order valence-corrected chi connectivity index (χ1v) is 4.87. The van der Waals surface area contributed by atoms with E-state index in [4.69, 9.17) is 0 Å². The molecule has 13 heavy (non-hydrogen) atoms. The van der Waals surface area contributed by atoms with Gasteiger partial charge < -0.3 is 0 Å². The Labute approximate surface area is 79.5 Å². The fourth-order valence-electron chi connectivity index (χ4n) is 1.74. The Hall–Kier alpha value is -1.11. The lowest BCUT2D eigenvalue weighted by atomic mass is 10.0. The number of benzene rings is 1. The molecule has 1 aliphatic rings. The molecular weight excluding hydrogens is 158 g/mol. The maximum atomic E-state index is 4.59. The Kier molecular flexibility index (Phi) is 1.95. The van der Waals surface area contributed by atoms with Crippen molar-refractivity contribution in [1.29, 1.82) is 0 Å². The fourth-order valence-corrected chi connectivity index (χ4v) is 1.74. The summed E-state index contributed by atoms with van der Waals surface area (Å²) in [5.74, 6) is 0. The van der Waals surface area contributed by atoms with Crippen molar-refractivity contribution in [2.45, 2.75) is 33.6 Å². The highest BCUT2D eigenvalue weighted by atomic mass is 14.8. The van der Waals surface area contributed by atoms with Gasteiger partial charge in [0.15, 0.2) is 0 Å². The fraction of sp³-hybridized carbons (Fsp3) is 0.417. The van der Waals surface area contributed by atoms with Crippen LogP contribution in [-0.4, -0.2) is 5.71 Å². The first kappa shape index (κ1) is 8.49. The molecule has 1 heteroatoms. The van der Waals surface area contributed by atoms with Gasteiger partial charge in [0.05, 0.1) is 5.69 Å². The van der Waals surface area contributed by atoms with Crippen molar-refractivity contribution in [3.63, 3.8) is 0 Å². The van der Waals surface area contributed by atoms with Crippen LogP contribution in [-0.2, 0) is 6.42 Å². The molecule has 0 aliphatic carbocycles. The highest BCUT2D eigenvalue weighted by Crippen LogP contribution is 2.30. The third kappa shape index (κ3) is 1.39. The topological polar surface area (TPSA) is 12.4 Å². The van der Waals surface area contributed by atoms with Gasteiger partial charge in [-0.25, -0.2) is 0 Å². The minimum Gasteiger partial charge on any atom is -0.257 e. The van der Waals surface area contributed by atoms with Crippen LogP contribution >= 0.6 is 0 Å². The molecule has 1 nitrogen and oxygen atoms in total. The largest absolute Gasteiger partial charge is 0.257 e. The van der Waals surface area contributed by atoms with Gasteiger partial charge >= 0.3 is 0 Å². The number of hydrogen-bond acceptors (Lipinski definition) is 1. The molecule has 2 rings (SSSR count). The molecule has 0 saturated heterocycles. The molecule has 1 aromatic carbocycles. The van der Waals surface area contributed by atoms with E-state index < -0.39 is 0 Å². The maximum absolute atomic E-state index is 4.59. The summed E-state index contributed by atoms with van der Waals surface area (Å²) < 4.78 is 0. The summed E-state index contributed by atoms with van der Waals surface area (Å²) in [7, 11) is 0. The number of nitrogens with zero attached hydrogens (tertiary/aromatic N) is 1. The van der Waals surface area contributed by atoms with Gasteiger partial charge in [-0.3, -0.25) is 4.99 Å². The Morgan fingerprint density at radius 3 is 2.62 bits per heavy atom. The predicted octanol–water partition coefficient (Wildman–Crippen LogP) is 3.34. The zero-order valence-corrected chi connectivity index (χ0v) is 8.52. The first-order valence-electron chi connectivity index (χ1n) is 4.87. The number of hydrogen-bond donors (Lipinski definition) is 0. The van der Waals surface area contributed by atoms with Gasteiger partial charge in [-0.1, -0.05) is 13.0 Å². The van der Waals surface area contributed by atoms with Gasteiger partial charge in [0.1, 0.15) is 0 Å². The molecule has 68 valence electrons. The van der Waals surface area contributed by atoms with Crippen molar-refractivity contribution in [1.82, 2.24) is 0 Å². The summed E-state index contributed by atoms with van der Waals surface area (Å²) in [6.45, 7) is 6.49. The Morgan fingerprint density at radius 1 is 1.23 bits per heavy atom. The van der Waals surface area contributed by atoms with Crippen molar-refractivity contribution < 1.29 is 0 Å². The predicted molar refractivity (Wildman–Crippen MR) is 57.0 cm³/mol. The Bertz CT molecular complexity index is 375. The third-order valence-corrected chi connectivity index (χ3v) is 2.78. The summed E-state index contributed by atoms with van der Waals surface area (Å²) in [5, 5.41) is 0. The standard InChI is InChI=1S/C12H15N/c1-4-11-7-10-5-8(2)9(3)6-12(10)13-11/h5-6H,4,7H2,1-3H3. The van der Waals surface area contributed by atoms with Crippen LogP contribution in [0.15, 0.2) is 17.1 Å². The summed E-state index contributed by atoms with van der Waals surface area (Å²) in [5.41, 5.74) is 6.64. The second kappa shape index (κ2) is 2.99. The van der Waals surface area contributed by atoms with Crippen molar-refractivity contribution in [3.8, 4) is 0 Å². The van der Waals surface area contributed by atoms with E-state index in [0.717, 1.165) is 12.8 Å². The smallest absolute Gasteiger partial charge is 0.0667 e. The van der Waals surface area contributed by atoms with Crippen LogP contribution in [0.2, 0.25) is 0 Å². The molecule has 0 amide bonds. The molecule has 0 aromatic heterocycles. The second-order valence-corrected chi connectivity index (χ2v) is 3.77. The van der Waals surface area contributed by atoms with Crippen molar-refractivity contribution >= 4 is 11.4 Å². The molecule has 1 aromatic rings. The molecule has 0 fully saturated rings. The summed E-state index contributed by atoms with van der Waals surface area (Å²) >= 11 is 0. The van der Waals surface area contributed by atoms with Gasteiger partial charge in [-0.15, -0.1) is 0 Å². The maximum Gasteiger partial charge on any atom is 0.0667 e. The Balaban J connectivity index is 2.46. The van der Waals surface area contributed by atoms with E-state index in [2.05, 4.69) is 37.9 Å². The molecule has 0 saturated carbocycles. The van der Waals surface area contributed by atoms with Crippen molar-refractivity contribution in [3.05, 3.63) is 28.8 Å². The molecule has 1 aliphatic heterocycles. The number of aliphatic imine (C=N–C) groups is 1. The zero-order valence-electron chi connectivity index (χ0n) is 8.52. The molecular formula is C12H15N. The molecule has 1 heterocycles. The summed E-state index contributed by atoms with van der Waals surface area (Å²) in [4.78, 5) is 4.59. The van der Waals surface area contributed by atoms with Crippen LogP contribution in [0.1, 0.15) is 30.0 Å². The van der Waals surface area contributed by atoms with Crippen LogP contribution in [0.4, 0.5) is 5.69 Å². The average Bonchev–Trinajstić information content (AvgIpc) is 2.48. The summed E-state index contributed by atoms with van der Waals surface area (Å²) in [6, 6.07) is 4.48. The molecule has 0 spiro atoms. The highest BCUT2D eigenvalue weighted by molar-refractivity contribution is 5.93. The zero-order chi connectivity index (χ0) is 9.42. The normalized spacial score (nSPS) is 14.2. The molecule has 0 unspecified atom stereocenters. The summed E-state index contributed by atoms with van der Waals surface area (Å²) in [6.07, 6.45) is 2.14. The van der Waals surface area contributed by atoms with Crippen LogP contribution < -0.4 is 0 Å². The van der Waals surface area contributed by atoms with Gasteiger partial charge in [-0.2, -0.15) is 0 Å². The Morgan fingerprint density at radius 2 is 1.92 bits per heavy atom. The van der Waals surface area contributed by atoms with E-state index in [9.17, 15) is 0 Å². The molecule has 0 N–H and O–H groups in total. The van der Waals surface area contributed by atoms with E-state index in [0.29, 0.717) is 0 Å². The number of fused-ring (bicyclic) bond motifs is 1. The van der Waals surface area contributed by atoms with Gasteiger partial charge in [0.25, 0.3) is 0 Å². The monoisotopic (exact) mass is 173 g/mol. The lowest BCUT2D eigenvalue weighted by Gasteiger charge is -2.02. The van der Waals surface area contributed by atoms with Gasteiger partial charge in [-0.05, 0) is 43.0 Å². The van der Waals surface area contributed by atoms with E-state index >= 15 is 0 Å². The van der Waals surface area contributed by atoms with Crippen molar-refractivity contribution in [2.75, 3.05) is 0 Å². The van der Waals surface area contributed by atoms with Crippen LogP contribution in [0.5, 0.6) is 0 Å². The van der Waals surface area contributed by atoms with Gasteiger partial charge in [0.2, 0.25) is 0 Å². The lowest BCUT2D eigenvalue weighted by Crippen LogP contribution is -1.94. The minimum absolute atomic E-state index is 1.06. The SMILES string of the molecule is CCC1=Nc2cc(C)c(C)cc2C1. The first-order chi connectivity index (χ1) is 6.20. The van der Waals surface area contributed by atoms with Crippen molar-refractivity contribution in [2.24, 2.45) is 4.99 Å². The molecule has 0 bridgehead atoms. The second-order valence-electron chi connectivity index (χ2n) is 3.77. The van der Waals surface area contributed by atoms with Crippen LogP contribution in [0.25, 0.3) is 0 Å². The van der Waals surface area contributed by atoms with E-state index in [1.54, 1.807) is 0 Å². The molecule has 0 atom stereocenters. The quantitative estimate of drug-likeness (QED) is 0.617. The van der Waals surface area contributed by atoms with E-state index in [1.165, 1.54) is 28.1 Å².